The van der Waals surface area contributed by atoms with Crippen LogP contribution in [0.15, 0.2) is 6.07 Å². The second kappa shape index (κ2) is 3.92. The molecule has 1 heterocycles. The normalized spacial score (nSPS) is 11.6. The number of nitrogens with zero attached hydrogens (tertiary/aromatic N) is 2. The zero-order chi connectivity index (χ0) is 12.5. The maximum absolute atomic E-state index is 12.3. The number of nitriles is 1. The van der Waals surface area contributed by atoms with Crippen molar-refractivity contribution in [2.24, 2.45) is 0 Å². The molecule has 86 valence electrons. The van der Waals surface area contributed by atoms with E-state index in [1.54, 1.807) is 0 Å². The van der Waals surface area contributed by atoms with Crippen molar-refractivity contribution in [3.8, 4) is 6.07 Å². The first-order valence-corrected chi connectivity index (χ1v) is 3.83. The van der Waals surface area contributed by atoms with E-state index in [4.69, 9.17) is 11.0 Å². The van der Waals surface area contributed by atoms with Gasteiger partial charge in [0.25, 0.3) is 6.43 Å². The molecule has 0 radical (unpaired) electrons. The summed E-state index contributed by atoms with van der Waals surface area (Å²) in [6.45, 7) is 0. The molecule has 0 spiro atoms. The lowest BCUT2D eigenvalue weighted by atomic mass is 10.1. The smallest absolute Gasteiger partial charge is 0.397 e. The first-order valence-electron chi connectivity index (χ1n) is 3.83. The molecule has 2 N–H and O–H groups in total. The van der Waals surface area contributed by atoms with E-state index >= 15 is 0 Å². The molecule has 0 unspecified atom stereocenters. The third-order valence-electron chi connectivity index (χ3n) is 1.71. The Labute approximate surface area is 86.3 Å². The summed E-state index contributed by atoms with van der Waals surface area (Å²) in [7, 11) is 0. The largest absolute Gasteiger partial charge is 0.435 e. The number of alkyl halides is 5. The summed E-state index contributed by atoms with van der Waals surface area (Å²) >= 11 is 0. The van der Waals surface area contributed by atoms with Crippen LogP contribution < -0.4 is 5.73 Å². The van der Waals surface area contributed by atoms with Crippen LogP contribution in [0.4, 0.5) is 27.6 Å². The molecular formula is C8H4F5N3. The van der Waals surface area contributed by atoms with Crippen molar-refractivity contribution in [3.05, 3.63) is 23.0 Å². The van der Waals surface area contributed by atoms with Crippen molar-refractivity contribution >= 4 is 5.69 Å². The number of rotatable bonds is 1. The third kappa shape index (κ3) is 2.18. The van der Waals surface area contributed by atoms with Crippen LogP contribution in [0.2, 0.25) is 0 Å². The van der Waals surface area contributed by atoms with Gasteiger partial charge in [0.2, 0.25) is 0 Å². The molecule has 3 nitrogen and oxygen atoms in total. The van der Waals surface area contributed by atoms with Gasteiger partial charge in [-0.3, -0.25) is 0 Å². The average molecular weight is 237 g/mol. The monoisotopic (exact) mass is 237 g/mol. The number of hydrogen-bond acceptors (Lipinski definition) is 3. The summed E-state index contributed by atoms with van der Waals surface area (Å²) in [6, 6.07) is 1.80. The number of hydrogen-bond donors (Lipinski definition) is 1. The summed E-state index contributed by atoms with van der Waals surface area (Å²) in [6.07, 6.45) is -8.17. The molecule has 0 fully saturated rings. The first kappa shape index (κ1) is 12.2. The molecule has 0 bridgehead atoms. The van der Waals surface area contributed by atoms with Gasteiger partial charge in [-0.1, -0.05) is 0 Å². The summed E-state index contributed by atoms with van der Waals surface area (Å²) in [4.78, 5) is 2.86. The van der Waals surface area contributed by atoms with Gasteiger partial charge in [-0.2, -0.15) is 18.4 Å². The Hall–Kier alpha value is -1.91. The van der Waals surface area contributed by atoms with Crippen LogP contribution in [-0.2, 0) is 6.18 Å². The summed E-state index contributed by atoms with van der Waals surface area (Å²) in [5.74, 6) is 0. The number of aromatic nitrogens is 1. The highest BCUT2D eigenvalue weighted by Gasteiger charge is 2.37. The van der Waals surface area contributed by atoms with Crippen LogP contribution >= 0.6 is 0 Å². The Morgan fingerprint density at radius 3 is 2.31 bits per heavy atom. The highest BCUT2D eigenvalue weighted by molar-refractivity contribution is 5.54. The Morgan fingerprint density at radius 1 is 1.38 bits per heavy atom. The van der Waals surface area contributed by atoms with Crippen molar-refractivity contribution < 1.29 is 22.0 Å². The van der Waals surface area contributed by atoms with Gasteiger partial charge in [0.05, 0.1) is 5.69 Å². The average Bonchev–Trinajstić information content (AvgIpc) is 2.15. The van der Waals surface area contributed by atoms with E-state index in [0.29, 0.717) is 6.07 Å². The molecule has 0 aliphatic carbocycles. The van der Waals surface area contributed by atoms with Crippen molar-refractivity contribution in [2.75, 3.05) is 5.73 Å². The third-order valence-corrected chi connectivity index (χ3v) is 1.71. The molecule has 0 aromatic carbocycles. The lowest BCUT2D eigenvalue weighted by Gasteiger charge is -2.12. The lowest BCUT2D eigenvalue weighted by molar-refractivity contribution is -0.140. The van der Waals surface area contributed by atoms with Gasteiger partial charge in [-0.25, -0.2) is 13.8 Å². The predicted molar refractivity (Wildman–Crippen MR) is 43.3 cm³/mol. The maximum atomic E-state index is 12.3. The maximum Gasteiger partial charge on any atom is 0.435 e. The van der Waals surface area contributed by atoms with Crippen LogP contribution in [0, 0.1) is 11.3 Å². The van der Waals surface area contributed by atoms with E-state index in [0.717, 1.165) is 0 Å². The van der Waals surface area contributed by atoms with Gasteiger partial charge in [0.15, 0.2) is 5.69 Å². The molecule has 0 saturated carbocycles. The molecule has 0 amide bonds. The fraction of sp³-hybridized carbons (Fsp3) is 0.250. The molecule has 1 rings (SSSR count). The van der Waals surface area contributed by atoms with Crippen LogP contribution in [0.5, 0.6) is 0 Å². The zero-order valence-corrected chi connectivity index (χ0v) is 7.52. The van der Waals surface area contributed by atoms with Gasteiger partial charge in [0, 0.05) is 5.56 Å². The standard InChI is InChI=1S/C8H4F5N3/c9-7(10)4-1-3(2-14)16-6(5(4)15)8(11,12)13/h1,7H,15H2. The fourth-order valence-corrected chi connectivity index (χ4v) is 1.03. The molecule has 1 aromatic heterocycles. The minimum atomic E-state index is -4.97. The number of halogens is 5. The molecule has 0 saturated heterocycles. The van der Waals surface area contributed by atoms with Gasteiger partial charge < -0.3 is 5.73 Å². The molecule has 8 heteroatoms. The van der Waals surface area contributed by atoms with E-state index in [1.807, 2.05) is 0 Å². The summed E-state index contributed by atoms with van der Waals surface area (Å²) < 4.78 is 61.6. The van der Waals surface area contributed by atoms with Crippen molar-refractivity contribution in [2.45, 2.75) is 12.6 Å². The molecule has 1 aromatic rings. The summed E-state index contributed by atoms with van der Waals surface area (Å²) in [5, 5.41) is 8.36. The molecular weight excluding hydrogens is 233 g/mol. The van der Waals surface area contributed by atoms with Gasteiger partial charge in [-0.05, 0) is 6.07 Å². The van der Waals surface area contributed by atoms with Crippen molar-refractivity contribution in [3.63, 3.8) is 0 Å². The van der Waals surface area contributed by atoms with Gasteiger partial charge in [0.1, 0.15) is 11.8 Å². The molecule has 16 heavy (non-hydrogen) atoms. The first-order chi connectivity index (χ1) is 7.27. The highest BCUT2D eigenvalue weighted by Crippen LogP contribution is 2.36. The van der Waals surface area contributed by atoms with Gasteiger partial charge in [-0.15, -0.1) is 0 Å². The Morgan fingerprint density at radius 2 is 1.94 bits per heavy atom. The van der Waals surface area contributed by atoms with Crippen molar-refractivity contribution in [1.29, 1.82) is 5.26 Å². The second-order valence-electron chi connectivity index (χ2n) is 2.77. The molecule has 0 aliphatic rings. The molecule has 0 aliphatic heterocycles. The second-order valence-corrected chi connectivity index (χ2v) is 2.77. The number of pyridine rings is 1. The van der Waals surface area contributed by atoms with Crippen LogP contribution in [0.25, 0.3) is 0 Å². The predicted octanol–water partition coefficient (Wildman–Crippen LogP) is 2.49. The fourth-order valence-electron chi connectivity index (χ4n) is 1.03. The SMILES string of the molecule is N#Cc1cc(C(F)F)c(N)c(C(F)(F)F)n1. The van der Waals surface area contributed by atoms with E-state index in [9.17, 15) is 22.0 Å². The molecule has 0 atom stereocenters. The number of nitrogens with two attached hydrogens (primary N) is 1. The quantitative estimate of drug-likeness (QED) is 0.763. The van der Waals surface area contributed by atoms with Gasteiger partial charge >= 0.3 is 6.18 Å². The Bertz CT molecular complexity index is 446. The minimum Gasteiger partial charge on any atom is -0.397 e. The van der Waals surface area contributed by atoms with Crippen LogP contribution in [-0.4, -0.2) is 4.98 Å². The Balaban J connectivity index is 3.52. The lowest BCUT2D eigenvalue weighted by Crippen LogP contribution is -2.14. The van der Waals surface area contributed by atoms with Crippen LogP contribution in [0.3, 0.4) is 0 Å². The van der Waals surface area contributed by atoms with E-state index in [-0.39, 0.29) is 0 Å². The summed E-state index contributed by atoms with van der Waals surface area (Å²) in [5.41, 5.74) is 0.310. The Kier molecular flexibility index (Phi) is 2.98. The number of anilines is 1. The zero-order valence-electron chi connectivity index (χ0n) is 7.52. The van der Waals surface area contributed by atoms with Crippen molar-refractivity contribution in [1.82, 2.24) is 4.98 Å². The van der Waals surface area contributed by atoms with E-state index < -0.39 is 35.2 Å². The van der Waals surface area contributed by atoms with E-state index in [2.05, 4.69) is 4.98 Å². The van der Waals surface area contributed by atoms with E-state index in [1.165, 1.54) is 6.07 Å². The number of nitrogen functional groups attached to an aromatic ring is 1. The minimum absolute atomic E-state index is 0.537. The highest BCUT2D eigenvalue weighted by atomic mass is 19.4. The topological polar surface area (TPSA) is 62.7 Å². The van der Waals surface area contributed by atoms with Crippen LogP contribution in [0.1, 0.15) is 23.4 Å².